The molecule has 1 unspecified atom stereocenters. The van der Waals surface area contributed by atoms with Crippen LogP contribution in [-0.2, 0) is 11.3 Å². The number of nitrogens with one attached hydrogen (secondary N) is 1. The van der Waals surface area contributed by atoms with Crippen LogP contribution in [0.3, 0.4) is 0 Å². The van der Waals surface area contributed by atoms with E-state index in [1.807, 2.05) is 18.2 Å². The number of ether oxygens (including phenoxy) is 2. The fourth-order valence-electron chi connectivity index (χ4n) is 4.25. The van der Waals surface area contributed by atoms with Crippen molar-refractivity contribution in [3.05, 3.63) is 81.9 Å². The van der Waals surface area contributed by atoms with Crippen LogP contribution in [0.15, 0.2) is 61.1 Å². The summed E-state index contributed by atoms with van der Waals surface area (Å²) in [4.78, 5) is 37.2. The van der Waals surface area contributed by atoms with Gasteiger partial charge >= 0.3 is 6.09 Å². The number of nitrogens with zero attached hydrogens (tertiary/aromatic N) is 5. The van der Waals surface area contributed by atoms with Crippen molar-refractivity contribution >= 4 is 51.5 Å². The second-order valence-electron chi connectivity index (χ2n) is 8.51. The van der Waals surface area contributed by atoms with E-state index in [1.54, 1.807) is 35.4 Å². The number of hydrogen-bond donors (Lipinski definition) is 2. The van der Waals surface area contributed by atoms with E-state index in [0.717, 1.165) is 5.69 Å². The van der Waals surface area contributed by atoms with Crippen molar-refractivity contribution in [1.82, 2.24) is 15.0 Å². The van der Waals surface area contributed by atoms with Gasteiger partial charge in [0.25, 0.3) is 5.69 Å². The van der Waals surface area contributed by atoms with E-state index in [0.29, 0.717) is 58.4 Å². The van der Waals surface area contributed by atoms with Crippen molar-refractivity contribution in [2.75, 3.05) is 23.3 Å². The lowest BCUT2D eigenvalue weighted by atomic mass is 10.1. The molecule has 1 aliphatic heterocycles. The topological polar surface area (TPSA) is 159 Å². The van der Waals surface area contributed by atoms with Crippen LogP contribution in [0.1, 0.15) is 12.1 Å². The van der Waals surface area contributed by atoms with Crippen LogP contribution in [-0.4, -0.2) is 45.2 Å². The van der Waals surface area contributed by atoms with Gasteiger partial charge in [0.1, 0.15) is 36.3 Å². The number of aromatic nitrogens is 3. The van der Waals surface area contributed by atoms with Gasteiger partial charge in [-0.2, -0.15) is 0 Å². The highest BCUT2D eigenvalue weighted by atomic mass is 35.5. The summed E-state index contributed by atoms with van der Waals surface area (Å²) in [5, 5.41) is 16.0. The number of benzene rings is 2. The second-order valence-corrected chi connectivity index (χ2v) is 8.92. The average molecular weight is 536 g/mol. The normalized spacial score (nSPS) is 14.9. The van der Waals surface area contributed by atoms with E-state index in [4.69, 9.17) is 26.8 Å². The summed E-state index contributed by atoms with van der Waals surface area (Å²) in [7, 11) is 0. The molecule has 12 nitrogen and oxygen atoms in total. The Bertz CT molecular complexity index is 1500. The molecule has 2 aromatic heterocycles. The van der Waals surface area contributed by atoms with Crippen LogP contribution in [0.5, 0.6) is 5.75 Å². The SMILES string of the molecule is NC(=O)OC1CCN(c2cc3ncnc(Nc4ccc(OCc5ccccn5)c(Cl)c4)c3cc2[N+](=O)[O-])C1. The fraction of sp³-hybridized carbons (Fsp3) is 0.200. The van der Waals surface area contributed by atoms with Gasteiger partial charge in [0.2, 0.25) is 0 Å². The van der Waals surface area contributed by atoms with Crippen LogP contribution in [0.25, 0.3) is 10.9 Å². The highest BCUT2D eigenvalue weighted by molar-refractivity contribution is 6.32. The number of nitro groups is 1. The fourth-order valence-corrected chi connectivity index (χ4v) is 4.49. The van der Waals surface area contributed by atoms with Crippen molar-refractivity contribution in [1.29, 1.82) is 0 Å². The van der Waals surface area contributed by atoms with E-state index >= 15 is 0 Å². The molecule has 0 bridgehead atoms. The van der Waals surface area contributed by atoms with Gasteiger partial charge < -0.3 is 25.4 Å². The van der Waals surface area contributed by atoms with Gasteiger partial charge in [-0.25, -0.2) is 14.8 Å². The van der Waals surface area contributed by atoms with Gasteiger partial charge in [-0.15, -0.1) is 0 Å². The first-order chi connectivity index (χ1) is 18.4. The predicted octanol–water partition coefficient (Wildman–Crippen LogP) is 4.58. The lowest BCUT2D eigenvalue weighted by molar-refractivity contribution is -0.384. The highest BCUT2D eigenvalue weighted by Crippen LogP contribution is 2.37. The minimum atomic E-state index is -0.874. The van der Waals surface area contributed by atoms with Crippen LogP contribution in [0, 0.1) is 10.1 Å². The largest absolute Gasteiger partial charge is 0.486 e. The number of nitrogens with two attached hydrogens (primary N) is 1. The van der Waals surface area contributed by atoms with Crippen LogP contribution >= 0.6 is 11.6 Å². The minimum Gasteiger partial charge on any atom is -0.486 e. The molecule has 2 aromatic carbocycles. The molecule has 0 saturated carbocycles. The highest BCUT2D eigenvalue weighted by Gasteiger charge is 2.30. The molecule has 38 heavy (non-hydrogen) atoms. The third-order valence-corrected chi connectivity index (χ3v) is 6.29. The Hall–Kier alpha value is -4.71. The first-order valence-corrected chi connectivity index (χ1v) is 12.0. The lowest BCUT2D eigenvalue weighted by Crippen LogP contribution is -2.27. The van der Waals surface area contributed by atoms with Crippen molar-refractivity contribution in [2.45, 2.75) is 19.1 Å². The van der Waals surface area contributed by atoms with E-state index in [1.165, 1.54) is 12.4 Å². The Kier molecular flexibility index (Phi) is 7.05. The molecule has 3 heterocycles. The predicted molar refractivity (Wildman–Crippen MR) is 141 cm³/mol. The third kappa shape index (κ3) is 5.49. The summed E-state index contributed by atoms with van der Waals surface area (Å²) < 4.78 is 10.8. The molecular weight excluding hydrogens is 514 g/mol. The number of amides is 1. The van der Waals surface area contributed by atoms with Crippen LogP contribution in [0.2, 0.25) is 5.02 Å². The maximum absolute atomic E-state index is 12.0. The van der Waals surface area contributed by atoms with E-state index < -0.39 is 17.1 Å². The van der Waals surface area contributed by atoms with Gasteiger partial charge in [-0.05, 0) is 36.4 Å². The molecule has 3 N–H and O–H groups in total. The average Bonchev–Trinajstić information content (AvgIpc) is 3.36. The Labute approximate surface area is 221 Å². The second kappa shape index (κ2) is 10.7. The van der Waals surface area contributed by atoms with E-state index in [-0.39, 0.29) is 12.3 Å². The lowest BCUT2D eigenvalue weighted by Gasteiger charge is -2.19. The molecule has 0 radical (unpaired) electrons. The minimum absolute atomic E-state index is 0.119. The molecule has 194 valence electrons. The Balaban J connectivity index is 1.39. The molecule has 1 fully saturated rings. The van der Waals surface area contributed by atoms with Gasteiger partial charge in [0.05, 0.1) is 27.7 Å². The summed E-state index contributed by atoms with van der Waals surface area (Å²) in [6.45, 7) is 1.02. The smallest absolute Gasteiger partial charge is 0.404 e. The molecule has 0 spiro atoms. The number of halogens is 1. The number of rotatable bonds is 8. The van der Waals surface area contributed by atoms with Gasteiger partial charge in [0, 0.05) is 36.3 Å². The first kappa shape index (κ1) is 25.0. The number of carbonyl (C=O) groups is 1. The monoisotopic (exact) mass is 535 g/mol. The maximum Gasteiger partial charge on any atom is 0.404 e. The maximum atomic E-state index is 12.0. The quantitative estimate of drug-likeness (QED) is 0.241. The summed E-state index contributed by atoms with van der Waals surface area (Å²) in [5.74, 6) is 0.860. The van der Waals surface area contributed by atoms with Crippen molar-refractivity contribution < 1.29 is 19.2 Å². The molecule has 1 saturated heterocycles. The number of fused-ring (bicyclic) bond motifs is 1. The summed E-state index contributed by atoms with van der Waals surface area (Å²) >= 11 is 6.43. The van der Waals surface area contributed by atoms with E-state index in [2.05, 4.69) is 20.3 Å². The molecule has 5 rings (SSSR count). The summed E-state index contributed by atoms with van der Waals surface area (Å²) in [6, 6.07) is 13.8. The van der Waals surface area contributed by atoms with Crippen molar-refractivity contribution in [3.63, 3.8) is 0 Å². The number of anilines is 3. The Morgan fingerprint density at radius 2 is 2.08 bits per heavy atom. The first-order valence-electron chi connectivity index (χ1n) is 11.6. The van der Waals surface area contributed by atoms with Crippen LogP contribution < -0.4 is 20.7 Å². The number of primary amides is 1. The van der Waals surface area contributed by atoms with Gasteiger partial charge in [-0.1, -0.05) is 17.7 Å². The molecule has 0 aliphatic carbocycles. The Morgan fingerprint density at radius 1 is 1.21 bits per heavy atom. The zero-order valence-corrected chi connectivity index (χ0v) is 20.7. The van der Waals surface area contributed by atoms with Crippen molar-refractivity contribution in [3.8, 4) is 5.75 Å². The zero-order valence-electron chi connectivity index (χ0n) is 19.9. The molecule has 1 amide bonds. The molecule has 13 heteroatoms. The number of pyridine rings is 1. The number of hydrogen-bond acceptors (Lipinski definition) is 10. The molecule has 1 atom stereocenters. The summed E-state index contributed by atoms with van der Waals surface area (Å²) in [6.07, 6.45) is 2.26. The molecular formula is C25H22ClN7O5. The number of carbonyl (C=O) groups excluding carboxylic acids is 1. The third-order valence-electron chi connectivity index (χ3n) is 5.99. The van der Waals surface area contributed by atoms with Crippen molar-refractivity contribution in [2.24, 2.45) is 5.73 Å². The van der Waals surface area contributed by atoms with Crippen LogP contribution in [0.4, 0.5) is 27.7 Å². The van der Waals surface area contributed by atoms with E-state index in [9.17, 15) is 14.9 Å². The molecule has 4 aromatic rings. The standard InChI is InChI=1S/C25H22ClN7O5/c26-19-9-15(4-5-23(19)37-13-16-3-1-2-7-28-16)31-24-18-10-22(33(35)36)21(11-20(18)29-14-30-24)32-8-6-17(12-32)38-25(27)34/h1-5,7,9-11,14,17H,6,8,12-13H2,(H2,27,34)(H,29,30,31). The van der Waals surface area contributed by atoms with Gasteiger partial charge in [-0.3, -0.25) is 15.1 Å². The zero-order chi connectivity index (χ0) is 26.6. The Morgan fingerprint density at radius 3 is 2.82 bits per heavy atom. The molecule has 1 aliphatic rings. The summed E-state index contributed by atoms with van der Waals surface area (Å²) in [5.41, 5.74) is 7.25. The number of nitro benzene ring substituents is 1. The van der Waals surface area contributed by atoms with Gasteiger partial charge in [0.15, 0.2) is 0 Å².